The summed E-state index contributed by atoms with van der Waals surface area (Å²) < 4.78 is 20.2. The van der Waals surface area contributed by atoms with Gasteiger partial charge in [0, 0.05) is 51.8 Å². The van der Waals surface area contributed by atoms with Crippen molar-refractivity contribution in [1.29, 1.82) is 0 Å². The summed E-state index contributed by atoms with van der Waals surface area (Å²) in [7, 11) is 7.62. The number of hydrogen-bond donors (Lipinski definition) is 4. The van der Waals surface area contributed by atoms with Gasteiger partial charge < -0.3 is 35.3 Å². The fourth-order valence-electron chi connectivity index (χ4n) is 4.42. The van der Waals surface area contributed by atoms with Gasteiger partial charge >= 0.3 is 0 Å². The quantitative estimate of drug-likeness (QED) is 0.145. The number of carbonyl (C=O) groups is 3. The molecule has 0 spiro atoms. The summed E-state index contributed by atoms with van der Waals surface area (Å²) in [6, 6.07) is 3.92. The molecule has 2 aliphatic rings. The number of hydrogen-bond acceptors (Lipinski definition) is 8. The zero-order chi connectivity index (χ0) is 27.8. The molecular weight excluding hydrogens is 494 g/mol. The second kappa shape index (κ2) is 13.2. The lowest BCUT2D eigenvalue weighted by Gasteiger charge is -2.26. The molecule has 2 aliphatic heterocycles. The van der Waals surface area contributed by atoms with Gasteiger partial charge in [0.1, 0.15) is 26.0 Å². The average molecular weight is 526 g/mol. The Kier molecular flexibility index (Phi) is 10.1. The fourth-order valence-corrected chi connectivity index (χ4v) is 4.42. The Hall–Kier alpha value is -3.64. The van der Waals surface area contributed by atoms with E-state index < -0.39 is 35.2 Å². The van der Waals surface area contributed by atoms with Crippen LogP contribution in [0.4, 0.5) is 4.39 Å². The van der Waals surface area contributed by atoms with E-state index in [0.29, 0.717) is 31.6 Å². The van der Waals surface area contributed by atoms with Crippen LogP contribution in [-0.4, -0.2) is 91.9 Å². The number of rotatable bonds is 11. The van der Waals surface area contributed by atoms with Crippen LogP contribution in [0.5, 0.6) is 0 Å². The van der Waals surface area contributed by atoms with Crippen molar-refractivity contribution in [3.05, 3.63) is 70.0 Å². The molecule has 0 aliphatic carbocycles. The average Bonchev–Trinajstić information content (AvgIpc) is 3.24. The Morgan fingerprint density at radius 3 is 2.63 bits per heavy atom. The van der Waals surface area contributed by atoms with Crippen LogP contribution in [0, 0.1) is 5.82 Å². The number of morpholine rings is 1. The molecule has 10 nitrogen and oxygen atoms in total. The second-order valence-corrected chi connectivity index (χ2v) is 9.04. The highest BCUT2D eigenvalue weighted by molar-refractivity contribution is 6.23. The maximum absolute atomic E-state index is 14.8. The monoisotopic (exact) mass is 526 g/mol. The number of amides is 2. The summed E-state index contributed by atoms with van der Waals surface area (Å²) in [5, 5.41) is 25.5. The molecule has 2 radical (unpaired) electrons. The van der Waals surface area contributed by atoms with E-state index >= 15 is 0 Å². The largest absolute Gasteiger partial charge is 0.505 e. The summed E-state index contributed by atoms with van der Waals surface area (Å²) in [5.74, 6) is -3.25. The third-order valence-electron chi connectivity index (χ3n) is 6.52. The first kappa shape index (κ1) is 28.9. The first-order valence-electron chi connectivity index (χ1n) is 12.3. The topological polar surface area (TPSA) is 131 Å². The first-order valence-corrected chi connectivity index (χ1v) is 12.3. The molecule has 3 rings (SSSR count). The normalized spacial score (nSPS) is 19.6. The van der Waals surface area contributed by atoms with Gasteiger partial charge in [0.25, 0.3) is 5.91 Å². The smallest absolute Gasteiger partial charge is 0.259 e. The molecule has 12 heteroatoms. The third kappa shape index (κ3) is 6.81. The third-order valence-corrected chi connectivity index (χ3v) is 6.52. The highest BCUT2D eigenvalue weighted by atomic mass is 19.1. The van der Waals surface area contributed by atoms with Crippen LogP contribution in [0.3, 0.4) is 0 Å². The number of likely N-dealkylation sites (tertiary alicyclic amines) is 1. The van der Waals surface area contributed by atoms with E-state index in [1.54, 1.807) is 6.07 Å². The molecule has 1 aromatic carbocycles. The fraction of sp³-hybridized carbons (Fsp3) is 0.423. The number of carbonyl (C=O) groups excluding carboxylic acids is 3. The van der Waals surface area contributed by atoms with Gasteiger partial charge in [-0.15, -0.1) is 0 Å². The summed E-state index contributed by atoms with van der Waals surface area (Å²) in [4.78, 5) is 39.9. The summed E-state index contributed by atoms with van der Waals surface area (Å²) in [6.07, 6.45) is 0.701. The summed E-state index contributed by atoms with van der Waals surface area (Å²) in [5.41, 5.74) is 0.877. The Bertz CT molecular complexity index is 1150. The molecular formula is C26H32BFN4O6. The Balaban J connectivity index is 1.82. The minimum atomic E-state index is -1.02. The molecule has 2 saturated heterocycles. The number of aliphatic hydroxyl groups is 2. The van der Waals surface area contributed by atoms with Crippen LogP contribution in [0.25, 0.3) is 0 Å². The Labute approximate surface area is 222 Å². The Morgan fingerprint density at radius 2 is 2.03 bits per heavy atom. The summed E-state index contributed by atoms with van der Waals surface area (Å²) >= 11 is 0. The van der Waals surface area contributed by atoms with Crippen LogP contribution >= 0.6 is 0 Å². The lowest BCUT2D eigenvalue weighted by molar-refractivity contribution is -0.136. The number of halogens is 1. The predicted molar refractivity (Wildman–Crippen MR) is 138 cm³/mol. The van der Waals surface area contributed by atoms with E-state index in [1.165, 1.54) is 13.1 Å². The molecule has 4 N–H and O–H groups in total. The predicted octanol–water partition coefficient (Wildman–Crippen LogP) is 0.947. The highest BCUT2D eigenvalue weighted by Gasteiger charge is 2.41. The maximum atomic E-state index is 14.8. The van der Waals surface area contributed by atoms with Gasteiger partial charge in [-0.05, 0) is 29.2 Å². The number of likely N-dealkylation sites (N-methyl/N-ethyl adjacent to an activating group) is 1. The first-order chi connectivity index (χ1) is 18.2. The molecule has 0 bridgehead atoms. The van der Waals surface area contributed by atoms with E-state index in [0.717, 1.165) is 23.6 Å². The molecule has 0 aromatic heterocycles. The lowest BCUT2D eigenvalue weighted by Crippen LogP contribution is -2.46. The number of nitrogens with one attached hydrogen (secondary N) is 2. The van der Waals surface area contributed by atoms with Crippen molar-refractivity contribution < 1.29 is 33.7 Å². The number of benzene rings is 1. The number of aliphatic hydroxyl groups excluding tert-OH is 2. The van der Waals surface area contributed by atoms with Crippen molar-refractivity contribution in [2.45, 2.75) is 32.0 Å². The minimum absolute atomic E-state index is 0.0210. The SMILES string of the molecule is [B]/C(NCc1ccc(CN2CCOCC2)cc1F)=C1/CN(C(CCC=O)C(=O)NC)C(=O)/C1=C(\O)C(=C)O. The van der Waals surface area contributed by atoms with Gasteiger partial charge in [-0.1, -0.05) is 18.7 Å². The van der Waals surface area contributed by atoms with Crippen LogP contribution < -0.4 is 10.6 Å². The van der Waals surface area contributed by atoms with Gasteiger partial charge in [-0.2, -0.15) is 0 Å². The van der Waals surface area contributed by atoms with E-state index in [1.807, 2.05) is 6.07 Å². The Morgan fingerprint density at radius 1 is 1.32 bits per heavy atom. The molecule has 1 atom stereocenters. The molecule has 1 unspecified atom stereocenters. The zero-order valence-electron chi connectivity index (χ0n) is 21.3. The molecule has 202 valence electrons. The van der Waals surface area contributed by atoms with E-state index in [-0.39, 0.29) is 42.7 Å². The van der Waals surface area contributed by atoms with Gasteiger partial charge in [-0.25, -0.2) is 4.39 Å². The molecule has 2 fully saturated rings. The van der Waals surface area contributed by atoms with Crippen LogP contribution in [-0.2, 0) is 32.2 Å². The maximum Gasteiger partial charge on any atom is 0.259 e. The van der Waals surface area contributed by atoms with Gasteiger partial charge in [0.15, 0.2) is 11.5 Å². The van der Waals surface area contributed by atoms with Crippen LogP contribution in [0.1, 0.15) is 24.0 Å². The van der Waals surface area contributed by atoms with E-state index in [2.05, 4.69) is 22.1 Å². The molecule has 2 heterocycles. The van der Waals surface area contributed by atoms with Crippen molar-refractivity contribution >= 4 is 25.9 Å². The highest BCUT2D eigenvalue weighted by Crippen LogP contribution is 2.31. The van der Waals surface area contributed by atoms with Crippen LogP contribution in [0.2, 0.25) is 0 Å². The van der Waals surface area contributed by atoms with Gasteiger partial charge in [0.2, 0.25) is 5.91 Å². The van der Waals surface area contributed by atoms with E-state index in [9.17, 15) is 29.0 Å². The second-order valence-electron chi connectivity index (χ2n) is 9.04. The zero-order valence-corrected chi connectivity index (χ0v) is 21.3. The van der Waals surface area contributed by atoms with Crippen molar-refractivity contribution in [1.82, 2.24) is 20.4 Å². The number of aldehydes is 1. The number of ether oxygens (including phenoxy) is 1. The van der Waals surface area contributed by atoms with Gasteiger partial charge in [0.05, 0.1) is 18.8 Å². The van der Waals surface area contributed by atoms with Crippen molar-refractivity contribution in [2.75, 3.05) is 39.9 Å². The lowest BCUT2D eigenvalue weighted by atomic mass is 9.93. The molecule has 38 heavy (non-hydrogen) atoms. The van der Waals surface area contributed by atoms with Crippen molar-refractivity contribution in [3.8, 4) is 0 Å². The van der Waals surface area contributed by atoms with Gasteiger partial charge in [-0.3, -0.25) is 14.5 Å². The van der Waals surface area contributed by atoms with Crippen molar-refractivity contribution in [3.63, 3.8) is 0 Å². The van der Waals surface area contributed by atoms with E-state index in [4.69, 9.17) is 12.6 Å². The number of nitrogens with zero attached hydrogens (tertiary/aromatic N) is 2. The standard InChI is InChI=1S/C26H32BFN4O6/c1-16(34)23(35)22-19(15-32(26(22)37)21(4-3-9-33)25(36)29-2)24(27)30-13-18-6-5-17(12-20(18)28)14-31-7-10-38-11-8-31/h5-6,9,12,21,30,34-35H,1,3-4,7-8,10-11,13-15H2,2H3,(H,29,36)/b23-22-,24-19+. The summed E-state index contributed by atoms with van der Waals surface area (Å²) in [6.45, 7) is 6.51. The van der Waals surface area contributed by atoms with Crippen LogP contribution in [0.15, 0.2) is 53.0 Å². The molecule has 1 aromatic rings. The molecule has 2 amide bonds. The minimum Gasteiger partial charge on any atom is -0.505 e. The molecule has 0 saturated carbocycles. The van der Waals surface area contributed by atoms with Crippen molar-refractivity contribution in [2.24, 2.45) is 0 Å².